The summed E-state index contributed by atoms with van der Waals surface area (Å²) in [6, 6.07) is 10.0. The highest BCUT2D eigenvalue weighted by atomic mass is 35.5. The van der Waals surface area contributed by atoms with Gasteiger partial charge in [-0.25, -0.2) is 0 Å². The van der Waals surface area contributed by atoms with E-state index in [1.165, 1.54) is 0 Å². The average molecular weight is 287 g/mol. The van der Waals surface area contributed by atoms with Gasteiger partial charge in [0.2, 0.25) is 5.91 Å². The number of ether oxygens (including phenoxy) is 1. The van der Waals surface area contributed by atoms with Crippen molar-refractivity contribution in [3.63, 3.8) is 0 Å². The molecule has 0 fully saturated rings. The zero-order chi connectivity index (χ0) is 13.2. The third kappa shape index (κ3) is 7.15. The molecule has 1 aromatic carbocycles. The summed E-state index contributed by atoms with van der Waals surface area (Å²) in [7, 11) is 1.65. The van der Waals surface area contributed by atoms with Crippen LogP contribution in [-0.2, 0) is 16.1 Å². The maximum absolute atomic E-state index is 12.0. The Kier molecular flexibility index (Phi) is 10.2. The van der Waals surface area contributed by atoms with E-state index in [-0.39, 0.29) is 18.3 Å². The van der Waals surface area contributed by atoms with Crippen molar-refractivity contribution < 1.29 is 9.53 Å². The molecule has 0 aromatic heterocycles. The lowest BCUT2D eigenvalue weighted by atomic mass is 10.2. The molecule has 108 valence electrons. The van der Waals surface area contributed by atoms with Crippen LogP contribution >= 0.6 is 12.4 Å². The van der Waals surface area contributed by atoms with Crippen molar-refractivity contribution in [3.8, 4) is 0 Å². The van der Waals surface area contributed by atoms with Crippen molar-refractivity contribution >= 4 is 18.3 Å². The standard InChI is InChI=1S/C14H22N2O2.ClH/c1-3-16(12-13-7-5-4-6-8-13)14(17)11-15-9-10-18-2;/h4-8,15H,3,9-12H2,1-2H3;1H. The number of carbonyl (C=O) groups excluding carboxylic acids is 1. The first kappa shape index (κ1) is 17.9. The molecule has 0 radical (unpaired) electrons. The normalized spacial score (nSPS) is 9.79. The third-order valence-electron chi connectivity index (χ3n) is 2.71. The third-order valence-corrected chi connectivity index (χ3v) is 2.71. The lowest BCUT2D eigenvalue weighted by Crippen LogP contribution is -2.38. The molecule has 0 aliphatic heterocycles. The van der Waals surface area contributed by atoms with Crippen LogP contribution in [0.5, 0.6) is 0 Å². The van der Waals surface area contributed by atoms with Gasteiger partial charge in [0.05, 0.1) is 13.2 Å². The molecule has 0 bridgehead atoms. The number of halogens is 1. The largest absolute Gasteiger partial charge is 0.383 e. The van der Waals surface area contributed by atoms with Gasteiger partial charge in [0.15, 0.2) is 0 Å². The highest BCUT2D eigenvalue weighted by Gasteiger charge is 2.11. The van der Waals surface area contributed by atoms with E-state index in [4.69, 9.17) is 4.74 Å². The number of benzene rings is 1. The molecular formula is C14H23ClN2O2. The summed E-state index contributed by atoms with van der Waals surface area (Å²) in [6.45, 7) is 5.07. The van der Waals surface area contributed by atoms with E-state index in [9.17, 15) is 4.79 Å². The second kappa shape index (κ2) is 10.8. The van der Waals surface area contributed by atoms with Gasteiger partial charge in [-0.1, -0.05) is 30.3 Å². The number of carbonyl (C=O) groups is 1. The molecule has 0 aliphatic carbocycles. The zero-order valence-corrected chi connectivity index (χ0v) is 12.4. The topological polar surface area (TPSA) is 41.6 Å². The number of hydrogen-bond acceptors (Lipinski definition) is 3. The Bertz CT molecular complexity index is 347. The van der Waals surface area contributed by atoms with Gasteiger partial charge in [-0.15, -0.1) is 12.4 Å². The van der Waals surface area contributed by atoms with Crippen molar-refractivity contribution in [2.24, 2.45) is 0 Å². The number of methoxy groups -OCH3 is 1. The molecule has 1 aromatic rings. The molecule has 5 heteroatoms. The summed E-state index contributed by atoms with van der Waals surface area (Å²) in [5.74, 6) is 0.123. The highest BCUT2D eigenvalue weighted by molar-refractivity contribution is 5.85. The van der Waals surface area contributed by atoms with E-state index in [0.29, 0.717) is 26.2 Å². The molecule has 0 saturated carbocycles. The number of hydrogen-bond donors (Lipinski definition) is 1. The lowest BCUT2D eigenvalue weighted by molar-refractivity contribution is -0.130. The zero-order valence-electron chi connectivity index (χ0n) is 11.6. The van der Waals surface area contributed by atoms with Crippen LogP contribution in [0.3, 0.4) is 0 Å². The first-order chi connectivity index (χ1) is 8.77. The molecule has 0 saturated heterocycles. The fraction of sp³-hybridized carbons (Fsp3) is 0.500. The van der Waals surface area contributed by atoms with E-state index in [1.807, 2.05) is 42.2 Å². The minimum Gasteiger partial charge on any atom is -0.383 e. The van der Waals surface area contributed by atoms with Crippen LogP contribution in [0.15, 0.2) is 30.3 Å². The summed E-state index contributed by atoms with van der Waals surface area (Å²) in [4.78, 5) is 13.8. The number of amides is 1. The van der Waals surface area contributed by atoms with Gasteiger partial charge in [0.25, 0.3) is 0 Å². The smallest absolute Gasteiger partial charge is 0.236 e. The number of likely N-dealkylation sites (N-methyl/N-ethyl adjacent to an activating group) is 1. The van der Waals surface area contributed by atoms with Crippen LogP contribution in [0.4, 0.5) is 0 Å². The Morgan fingerprint density at radius 3 is 2.58 bits per heavy atom. The second-order valence-electron chi connectivity index (χ2n) is 4.06. The Morgan fingerprint density at radius 2 is 2.00 bits per heavy atom. The quantitative estimate of drug-likeness (QED) is 0.740. The molecule has 0 heterocycles. The Labute approximate surface area is 121 Å². The van der Waals surface area contributed by atoms with E-state index < -0.39 is 0 Å². The van der Waals surface area contributed by atoms with E-state index in [2.05, 4.69) is 5.32 Å². The van der Waals surface area contributed by atoms with E-state index in [1.54, 1.807) is 7.11 Å². The number of nitrogens with zero attached hydrogens (tertiary/aromatic N) is 1. The fourth-order valence-corrected chi connectivity index (χ4v) is 1.66. The van der Waals surface area contributed by atoms with Gasteiger partial charge in [-0.3, -0.25) is 4.79 Å². The van der Waals surface area contributed by atoms with Crippen LogP contribution < -0.4 is 5.32 Å². The van der Waals surface area contributed by atoms with E-state index in [0.717, 1.165) is 12.1 Å². The Hall–Kier alpha value is -1.10. The molecule has 19 heavy (non-hydrogen) atoms. The first-order valence-electron chi connectivity index (χ1n) is 6.29. The highest BCUT2D eigenvalue weighted by Crippen LogP contribution is 2.04. The van der Waals surface area contributed by atoms with Gasteiger partial charge in [0, 0.05) is 26.7 Å². The van der Waals surface area contributed by atoms with Crippen LogP contribution in [0.1, 0.15) is 12.5 Å². The summed E-state index contributed by atoms with van der Waals surface area (Å²) in [5.41, 5.74) is 1.16. The first-order valence-corrected chi connectivity index (χ1v) is 6.29. The van der Waals surface area contributed by atoms with Crippen LogP contribution in [0.25, 0.3) is 0 Å². The maximum Gasteiger partial charge on any atom is 0.236 e. The van der Waals surface area contributed by atoms with Crippen LogP contribution in [-0.4, -0.2) is 44.2 Å². The van der Waals surface area contributed by atoms with Crippen molar-refractivity contribution in [1.29, 1.82) is 0 Å². The molecule has 1 rings (SSSR count). The lowest BCUT2D eigenvalue weighted by Gasteiger charge is -2.21. The van der Waals surface area contributed by atoms with Gasteiger partial charge in [-0.2, -0.15) is 0 Å². The molecule has 0 aliphatic rings. The molecular weight excluding hydrogens is 264 g/mol. The van der Waals surface area contributed by atoms with E-state index >= 15 is 0 Å². The molecule has 1 N–H and O–H groups in total. The average Bonchev–Trinajstić information content (AvgIpc) is 2.42. The summed E-state index contributed by atoms with van der Waals surface area (Å²) < 4.78 is 4.92. The minimum atomic E-state index is 0. The monoisotopic (exact) mass is 286 g/mol. The number of nitrogens with one attached hydrogen (secondary N) is 1. The fourth-order valence-electron chi connectivity index (χ4n) is 1.66. The van der Waals surface area contributed by atoms with Crippen molar-refractivity contribution in [2.45, 2.75) is 13.5 Å². The predicted molar refractivity (Wildman–Crippen MR) is 79.5 cm³/mol. The summed E-state index contributed by atoms with van der Waals surface area (Å²) in [6.07, 6.45) is 0. The van der Waals surface area contributed by atoms with Crippen molar-refractivity contribution in [2.75, 3.05) is 33.4 Å². The SMILES string of the molecule is CCN(Cc1ccccc1)C(=O)CNCCOC.Cl. The summed E-state index contributed by atoms with van der Waals surface area (Å²) in [5, 5.41) is 3.07. The molecule has 0 spiro atoms. The molecule has 0 atom stereocenters. The molecule has 4 nitrogen and oxygen atoms in total. The van der Waals surface area contributed by atoms with Gasteiger partial charge in [-0.05, 0) is 12.5 Å². The Balaban J connectivity index is 0.00000324. The second-order valence-corrected chi connectivity index (χ2v) is 4.06. The number of rotatable bonds is 8. The summed E-state index contributed by atoms with van der Waals surface area (Å²) >= 11 is 0. The van der Waals surface area contributed by atoms with Crippen molar-refractivity contribution in [3.05, 3.63) is 35.9 Å². The van der Waals surface area contributed by atoms with Gasteiger partial charge >= 0.3 is 0 Å². The van der Waals surface area contributed by atoms with Crippen LogP contribution in [0, 0.1) is 0 Å². The van der Waals surface area contributed by atoms with Gasteiger partial charge in [0.1, 0.15) is 0 Å². The molecule has 1 amide bonds. The predicted octanol–water partition coefficient (Wildman–Crippen LogP) is 1.69. The Morgan fingerprint density at radius 1 is 1.32 bits per heavy atom. The minimum absolute atomic E-state index is 0. The van der Waals surface area contributed by atoms with Crippen molar-refractivity contribution in [1.82, 2.24) is 10.2 Å². The molecule has 0 unspecified atom stereocenters. The van der Waals surface area contributed by atoms with Crippen LogP contribution in [0.2, 0.25) is 0 Å². The van der Waals surface area contributed by atoms with Gasteiger partial charge < -0.3 is 15.0 Å². The maximum atomic E-state index is 12.0.